The number of benzene rings is 1. The largest absolute Gasteiger partial charge is 0.283 e. The monoisotopic (exact) mass is 371 g/mol. The maximum Gasteiger partial charge on any atom is 0.283 e. The van der Waals surface area contributed by atoms with Crippen molar-refractivity contribution < 1.29 is 9.18 Å². The summed E-state index contributed by atoms with van der Waals surface area (Å²) in [7, 11) is 0. The summed E-state index contributed by atoms with van der Waals surface area (Å²) < 4.78 is 15.7. The summed E-state index contributed by atoms with van der Waals surface area (Å²) in [5, 5.41) is 4.44. The summed E-state index contributed by atoms with van der Waals surface area (Å²) in [4.78, 5) is 29.4. The molecule has 0 saturated heterocycles. The second kappa shape index (κ2) is 8.11. The minimum Gasteiger partial charge on any atom is -0.273 e. The Labute approximate surface area is 155 Å². The molecule has 1 amide bonds. The molecule has 0 radical (unpaired) electrons. The Hall–Kier alpha value is -3.03. The number of amides is 1. The predicted octanol–water partition coefficient (Wildman–Crippen LogP) is 3.01. The van der Waals surface area contributed by atoms with Gasteiger partial charge in [-0.2, -0.15) is 5.10 Å². The van der Waals surface area contributed by atoms with E-state index in [4.69, 9.17) is 0 Å². The molecule has 0 aliphatic carbocycles. The Morgan fingerprint density at radius 2 is 1.85 bits per heavy atom. The molecule has 0 unspecified atom stereocenters. The number of carbonyl (C=O) groups is 1. The van der Waals surface area contributed by atoms with Crippen LogP contribution < -0.4 is 11.0 Å². The highest BCUT2D eigenvalue weighted by Crippen LogP contribution is 2.15. The molecule has 0 spiro atoms. The Bertz CT molecular complexity index is 987. The fourth-order valence-electron chi connectivity index (χ4n) is 3.08. The fraction of sp³-hybridized carbons (Fsp3) is 0.368. The first kappa shape index (κ1) is 18.8. The van der Waals surface area contributed by atoms with E-state index in [0.717, 1.165) is 30.4 Å². The third-order valence-electron chi connectivity index (χ3n) is 4.44. The van der Waals surface area contributed by atoms with Crippen molar-refractivity contribution in [2.24, 2.45) is 5.92 Å². The van der Waals surface area contributed by atoms with Crippen LogP contribution in [0.5, 0.6) is 0 Å². The van der Waals surface area contributed by atoms with E-state index in [1.54, 1.807) is 12.1 Å². The number of rotatable bonds is 7. The number of hydrogen-bond donors (Lipinski definition) is 1. The van der Waals surface area contributed by atoms with Crippen LogP contribution in [-0.4, -0.2) is 25.3 Å². The second-order valence-corrected chi connectivity index (χ2v) is 6.44. The zero-order valence-corrected chi connectivity index (χ0v) is 15.4. The van der Waals surface area contributed by atoms with Crippen molar-refractivity contribution in [3.63, 3.8) is 0 Å². The average molecular weight is 371 g/mol. The zero-order chi connectivity index (χ0) is 19.4. The van der Waals surface area contributed by atoms with Crippen LogP contribution in [0, 0.1) is 11.7 Å². The molecular formula is C19H22FN5O2. The third-order valence-corrected chi connectivity index (χ3v) is 4.44. The van der Waals surface area contributed by atoms with Crippen molar-refractivity contribution in [1.82, 2.24) is 19.4 Å². The molecule has 1 aromatic carbocycles. The Balaban J connectivity index is 1.91. The maximum absolute atomic E-state index is 13.1. The fourth-order valence-corrected chi connectivity index (χ4v) is 3.08. The number of hydrogen-bond acceptors (Lipinski definition) is 4. The number of nitrogens with one attached hydrogen (secondary N) is 1. The molecule has 0 bridgehead atoms. The van der Waals surface area contributed by atoms with Crippen molar-refractivity contribution in [3.8, 4) is 5.69 Å². The first-order chi connectivity index (χ1) is 13.0. The van der Waals surface area contributed by atoms with Gasteiger partial charge in [0.05, 0.1) is 11.9 Å². The van der Waals surface area contributed by atoms with E-state index in [9.17, 15) is 14.0 Å². The third kappa shape index (κ3) is 3.89. The lowest BCUT2D eigenvalue weighted by atomic mass is 9.98. The molecule has 0 saturated carbocycles. The standard InChI is InChI=1S/C19H22FN5O2/c1-3-5-13(6-4-2)18(26)23-24-12-21-17-16(19(24)27)11-22-25(17)15-9-7-14(20)8-10-15/h7-13H,3-6H2,1-2H3,(H,23,26). The average Bonchev–Trinajstić information content (AvgIpc) is 3.09. The normalized spacial score (nSPS) is 11.3. The molecule has 2 aromatic heterocycles. The minimum atomic E-state index is -0.409. The molecule has 8 heteroatoms. The Morgan fingerprint density at radius 3 is 2.48 bits per heavy atom. The van der Waals surface area contributed by atoms with Gasteiger partial charge in [0.1, 0.15) is 17.5 Å². The van der Waals surface area contributed by atoms with Crippen molar-refractivity contribution >= 4 is 16.9 Å². The van der Waals surface area contributed by atoms with Crippen LogP contribution in [-0.2, 0) is 4.79 Å². The van der Waals surface area contributed by atoms with Crippen LogP contribution in [0.25, 0.3) is 16.7 Å². The lowest BCUT2D eigenvalue weighted by Gasteiger charge is -2.16. The molecule has 0 fully saturated rings. The van der Waals surface area contributed by atoms with Crippen molar-refractivity contribution in [2.45, 2.75) is 39.5 Å². The highest BCUT2D eigenvalue weighted by molar-refractivity contribution is 5.86. The summed E-state index contributed by atoms with van der Waals surface area (Å²) in [5.41, 5.74) is 3.17. The molecule has 27 heavy (non-hydrogen) atoms. The van der Waals surface area contributed by atoms with Crippen LogP contribution in [0.2, 0.25) is 0 Å². The van der Waals surface area contributed by atoms with Crippen LogP contribution >= 0.6 is 0 Å². The number of nitrogens with zero attached hydrogens (tertiary/aromatic N) is 4. The van der Waals surface area contributed by atoms with Crippen LogP contribution in [0.15, 0.2) is 41.6 Å². The van der Waals surface area contributed by atoms with Gasteiger partial charge in [-0.3, -0.25) is 15.0 Å². The van der Waals surface area contributed by atoms with Gasteiger partial charge in [0.15, 0.2) is 5.65 Å². The quantitative estimate of drug-likeness (QED) is 0.692. The lowest BCUT2D eigenvalue weighted by molar-refractivity contribution is -0.121. The summed E-state index contributed by atoms with van der Waals surface area (Å²) >= 11 is 0. The van der Waals surface area contributed by atoms with E-state index in [2.05, 4.69) is 15.5 Å². The van der Waals surface area contributed by atoms with E-state index >= 15 is 0 Å². The smallest absolute Gasteiger partial charge is 0.273 e. The number of halogens is 1. The molecular weight excluding hydrogens is 349 g/mol. The van der Waals surface area contributed by atoms with Gasteiger partial charge < -0.3 is 0 Å². The van der Waals surface area contributed by atoms with Gasteiger partial charge in [0, 0.05) is 5.92 Å². The van der Waals surface area contributed by atoms with Crippen molar-refractivity contribution in [2.75, 3.05) is 5.43 Å². The highest BCUT2D eigenvalue weighted by atomic mass is 19.1. The predicted molar refractivity (Wildman–Crippen MR) is 101 cm³/mol. The van der Waals surface area contributed by atoms with Gasteiger partial charge in [-0.1, -0.05) is 26.7 Å². The minimum absolute atomic E-state index is 0.135. The molecule has 1 N–H and O–H groups in total. The topological polar surface area (TPSA) is 81.8 Å². The van der Waals surface area contributed by atoms with Gasteiger partial charge in [-0.25, -0.2) is 18.7 Å². The van der Waals surface area contributed by atoms with Crippen molar-refractivity contribution in [3.05, 3.63) is 53.0 Å². The van der Waals surface area contributed by atoms with E-state index in [-0.39, 0.29) is 23.0 Å². The van der Waals surface area contributed by atoms with Crippen LogP contribution in [0.3, 0.4) is 0 Å². The number of aromatic nitrogens is 4. The van der Waals surface area contributed by atoms with Crippen LogP contribution in [0.4, 0.5) is 4.39 Å². The first-order valence-electron chi connectivity index (χ1n) is 9.07. The SMILES string of the molecule is CCCC(CCC)C(=O)Nn1cnc2c(cnn2-c2ccc(F)cc2)c1=O. The summed E-state index contributed by atoms with van der Waals surface area (Å²) in [6.45, 7) is 4.05. The maximum atomic E-state index is 13.1. The lowest BCUT2D eigenvalue weighted by Crippen LogP contribution is -2.36. The zero-order valence-electron chi connectivity index (χ0n) is 15.4. The molecule has 0 aliphatic heterocycles. The molecule has 0 aliphatic rings. The summed E-state index contributed by atoms with van der Waals surface area (Å²) in [6, 6.07) is 5.73. The molecule has 3 aromatic rings. The molecule has 7 nitrogen and oxygen atoms in total. The molecule has 0 atom stereocenters. The first-order valence-corrected chi connectivity index (χ1v) is 9.07. The van der Waals surface area contributed by atoms with Crippen molar-refractivity contribution in [1.29, 1.82) is 0 Å². The number of carbonyl (C=O) groups excluding carboxylic acids is 1. The van der Waals surface area contributed by atoms with Gasteiger partial charge in [0.2, 0.25) is 5.91 Å². The second-order valence-electron chi connectivity index (χ2n) is 6.44. The molecule has 3 rings (SSSR count). The van der Waals surface area contributed by atoms with E-state index in [1.165, 1.54) is 29.3 Å². The van der Waals surface area contributed by atoms with Gasteiger partial charge in [0.25, 0.3) is 5.56 Å². The van der Waals surface area contributed by atoms with E-state index in [1.807, 2.05) is 13.8 Å². The molecule has 142 valence electrons. The summed E-state index contributed by atoms with van der Waals surface area (Å²) in [5.74, 6) is -0.681. The molecule has 2 heterocycles. The van der Waals surface area contributed by atoms with E-state index < -0.39 is 5.56 Å². The van der Waals surface area contributed by atoms with Gasteiger partial charge >= 0.3 is 0 Å². The summed E-state index contributed by atoms with van der Waals surface area (Å²) in [6.07, 6.45) is 6.01. The van der Waals surface area contributed by atoms with Crippen LogP contribution in [0.1, 0.15) is 39.5 Å². The Kier molecular flexibility index (Phi) is 5.63. The Morgan fingerprint density at radius 1 is 1.19 bits per heavy atom. The number of fused-ring (bicyclic) bond motifs is 1. The van der Waals surface area contributed by atoms with Gasteiger partial charge in [-0.05, 0) is 37.1 Å². The van der Waals surface area contributed by atoms with Gasteiger partial charge in [-0.15, -0.1) is 0 Å². The van der Waals surface area contributed by atoms with E-state index in [0.29, 0.717) is 11.3 Å². The highest BCUT2D eigenvalue weighted by Gasteiger charge is 2.18.